The summed E-state index contributed by atoms with van der Waals surface area (Å²) in [5.41, 5.74) is 0.101. The maximum atomic E-state index is 12.6. The summed E-state index contributed by atoms with van der Waals surface area (Å²) in [4.78, 5) is 33.4. The Balaban J connectivity index is 2.09. The lowest BCUT2D eigenvalue weighted by Crippen LogP contribution is -2.40. The number of imidazole rings is 1. The molecule has 0 unspecified atom stereocenters. The summed E-state index contributed by atoms with van der Waals surface area (Å²) < 4.78 is 4.08. The topological polar surface area (TPSA) is 94.9 Å². The number of nitrogens with zero attached hydrogens (tertiary/aromatic N) is 5. The molecule has 126 valence electrons. The standard InChI is InChI=1S/C16H19N5O3/c1-16(2,24)10-5-6-11(17-7-10)8-21-14(22)12-13(18-9-19(12)3)20(4)15(21)23/h5-7,9,24H,8H2,1-4H3. The van der Waals surface area contributed by atoms with Crippen molar-refractivity contribution >= 4 is 11.2 Å². The first-order chi connectivity index (χ1) is 11.2. The van der Waals surface area contributed by atoms with Crippen LogP contribution < -0.4 is 11.2 Å². The lowest BCUT2D eigenvalue weighted by atomic mass is 10.0. The maximum Gasteiger partial charge on any atom is 0.332 e. The van der Waals surface area contributed by atoms with E-state index in [0.717, 1.165) is 4.57 Å². The predicted octanol–water partition coefficient (Wildman–Crippen LogP) is 0.104. The molecule has 0 saturated carbocycles. The zero-order valence-electron chi connectivity index (χ0n) is 14.0. The van der Waals surface area contributed by atoms with Gasteiger partial charge in [0.1, 0.15) is 0 Å². The molecule has 3 heterocycles. The molecule has 0 amide bonds. The fourth-order valence-electron chi connectivity index (χ4n) is 2.58. The highest BCUT2D eigenvalue weighted by molar-refractivity contribution is 5.69. The van der Waals surface area contributed by atoms with Crippen LogP contribution in [0.4, 0.5) is 0 Å². The first-order valence-electron chi connectivity index (χ1n) is 7.49. The van der Waals surface area contributed by atoms with Gasteiger partial charge in [0.2, 0.25) is 0 Å². The van der Waals surface area contributed by atoms with Gasteiger partial charge in [0.15, 0.2) is 11.2 Å². The van der Waals surface area contributed by atoms with Crippen LogP contribution in [0.25, 0.3) is 11.2 Å². The van der Waals surface area contributed by atoms with Crippen molar-refractivity contribution in [2.45, 2.75) is 26.0 Å². The van der Waals surface area contributed by atoms with Crippen molar-refractivity contribution in [1.82, 2.24) is 23.7 Å². The van der Waals surface area contributed by atoms with Gasteiger partial charge in [0, 0.05) is 25.9 Å². The van der Waals surface area contributed by atoms with E-state index in [2.05, 4.69) is 9.97 Å². The zero-order valence-corrected chi connectivity index (χ0v) is 14.0. The van der Waals surface area contributed by atoms with Crippen LogP contribution in [0.15, 0.2) is 34.2 Å². The van der Waals surface area contributed by atoms with Crippen LogP contribution in [0.1, 0.15) is 25.1 Å². The highest BCUT2D eigenvalue weighted by Crippen LogP contribution is 2.18. The molecule has 0 aliphatic rings. The Morgan fingerprint density at radius 3 is 2.46 bits per heavy atom. The SMILES string of the molecule is Cn1cnc2c1c(=O)n(Cc1ccc(C(C)(C)O)cn1)c(=O)n2C. The fourth-order valence-corrected chi connectivity index (χ4v) is 2.58. The molecule has 0 aliphatic heterocycles. The molecular weight excluding hydrogens is 310 g/mol. The van der Waals surface area contributed by atoms with E-state index in [1.54, 1.807) is 50.8 Å². The second-order valence-electron chi connectivity index (χ2n) is 6.36. The first kappa shape index (κ1) is 16.1. The van der Waals surface area contributed by atoms with Crippen LogP contribution in [0.2, 0.25) is 0 Å². The Kier molecular flexibility index (Phi) is 3.64. The smallest absolute Gasteiger partial charge is 0.332 e. The largest absolute Gasteiger partial charge is 0.386 e. The van der Waals surface area contributed by atoms with Gasteiger partial charge in [-0.2, -0.15) is 0 Å². The van der Waals surface area contributed by atoms with Gasteiger partial charge in [-0.15, -0.1) is 0 Å². The van der Waals surface area contributed by atoms with E-state index in [4.69, 9.17) is 0 Å². The number of pyridine rings is 1. The maximum absolute atomic E-state index is 12.6. The summed E-state index contributed by atoms with van der Waals surface area (Å²) in [7, 11) is 3.29. The van der Waals surface area contributed by atoms with Crippen molar-refractivity contribution in [1.29, 1.82) is 0 Å². The van der Waals surface area contributed by atoms with Gasteiger partial charge in [-0.3, -0.25) is 18.9 Å². The Labute approximate surface area is 137 Å². The molecular formula is C16H19N5O3. The molecule has 0 aliphatic carbocycles. The quantitative estimate of drug-likeness (QED) is 0.735. The van der Waals surface area contributed by atoms with Gasteiger partial charge in [-0.1, -0.05) is 6.07 Å². The van der Waals surface area contributed by atoms with E-state index in [0.29, 0.717) is 22.4 Å². The van der Waals surface area contributed by atoms with Crippen LogP contribution in [-0.2, 0) is 26.2 Å². The average Bonchev–Trinajstić information content (AvgIpc) is 2.91. The monoisotopic (exact) mass is 329 g/mol. The van der Waals surface area contributed by atoms with E-state index in [9.17, 15) is 14.7 Å². The molecule has 0 saturated heterocycles. The third kappa shape index (κ3) is 2.54. The molecule has 0 aromatic carbocycles. The summed E-state index contributed by atoms with van der Waals surface area (Å²) in [5, 5.41) is 9.96. The molecule has 3 aromatic rings. The molecule has 8 nitrogen and oxygen atoms in total. The van der Waals surface area contributed by atoms with Crippen molar-refractivity contribution in [2.24, 2.45) is 14.1 Å². The number of rotatable bonds is 3. The van der Waals surface area contributed by atoms with Crippen LogP contribution in [0.5, 0.6) is 0 Å². The summed E-state index contributed by atoms with van der Waals surface area (Å²) in [6.07, 6.45) is 3.06. The Morgan fingerprint density at radius 2 is 1.88 bits per heavy atom. The van der Waals surface area contributed by atoms with Crippen molar-refractivity contribution in [3.8, 4) is 0 Å². The van der Waals surface area contributed by atoms with Gasteiger partial charge in [-0.25, -0.2) is 9.78 Å². The second-order valence-corrected chi connectivity index (χ2v) is 6.36. The van der Waals surface area contributed by atoms with Crippen molar-refractivity contribution < 1.29 is 5.11 Å². The van der Waals surface area contributed by atoms with Crippen molar-refractivity contribution in [3.63, 3.8) is 0 Å². The number of aryl methyl sites for hydroxylation is 2. The Hall–Kier alpha value is -2.74. The van der Waals surface area contributed by atoms with Crippen LogP contribution in [0.3, 0.4) is 0 Å². The lowest BCUT2D eigenvalue weighted by Gasteiger charge is -2.17. The predicted molar refractivity (Wildman–Crippen MR) is 88.8 cm³/mol. The molecule has 0 radical (unpaired) electrons. The van der Waals surface area contributed by atoms with E-state index in [-0.39, 0.29) is 6.54 Å². The van der Waals surface area contributed by atoms with Crippen LogP contribution in [-0.4, -0.2) is 28.8 Å². The number of aliphatic hydroxyl groups is 1. The highest BCUT2D eigenvalue weighted by Gasteiger charge is 2.18. The molecule has 1 N–H and O–H groups in total. The summed E-state index contributed by atoms with van der Waals surface area (Å²) in [6, 6.07) is 3.44. The Bertz CT molecular complexity index is 1020. The minimum Gasteiger partial charge on any atom is -0.386 e. The van der Waals surface area contributed by atoms with E-state index >= 15 is 0 Å². The molecule has 3 rings (SSSR count). The van der Waals surface area contributed by atoms with Gasteiger partial charge >= 0.3 is 5.69 Å². The lowest BCUT2D eigenvalue weighted by molar-refractivity contribution is 0.0782. The molecule has 3 aromatic heterocycles. The summed E-state index contributed by atoms with van der Waals surface area (Å²) in [5.74, 6) is 0. The molecule has 0 spiro atoms. The van der Waals surface area contributed by atoms with Gasteiger partial charge in [0.25, 0.3) is 5.56 Å². The van der Waals surface area contributed by atoms with Crippen molar-refractivity contribution in [2.75, 3.05) is 0 Å². The van der Waals surface area contributed by atoms with Crippen LogP contribution >= 0.6 is 0 Å². The number of aromatic nitrogens is 5. The summed E-state index contributed by atoms with van der Waals surface area (Å²) in [6.45, 7) is 3.39. The van der Waals surface area contributed by atoms with Gasteiger partial charge in [-0.05, 0) is 19.9 Å². The zero-order chi connectivity index (χ0) is 17.6. The van der Waals surface area contributed by atoms with E-state index in [1.165, 1.54) is 10.9 Å². The molecule has 24 heavy (non-hydrogen) atoms. The molecule has 0 fully saturated rings. The minimum atomic E-state index is -0.994. The summed E-state index contributed by atoms with van der Waals surface area (Å²) >= 11 is 0. The van der Waals surface area contributed by atoms with Gasteiger partial charge < -0.3 is 9.67 Å². The number of fused-ring (bicyclic) bond motifs is 1. The third-order valence-electron chi connectivity index (χ3n) is 4.05. The highest BCUT2D eigenvalue weighted by atomic mass is 16.3. The van der Waals surface area contributed by atoms with Crippen molar-refractivity contribution in [3.05, 3.63) is 56.8 Å². The normalized spacial score (nSPS) is 12.0. The number of hydrogen-bond donors (Lipinski definition) is 1. The minimum absolute atomic E-state index is 0.0543. The average molecular weight is 329 g/mol. The molecule has 0 atom stereocenters. The van der Waals surface area contributed by atoms with E-state index < -0.39 is 16.9 Å². The van der Waals surface area contributed by atoms with Gasteiger partial charge in [0.05, 0.1) is 24.2 Å². The first-order valence-corrected chi connectivity index (χ1v) is 7.49. The van der Waals surface area contributed by atoms with E-state index in [1.807, 2.05) is 0 Å². The fraction of sp³-hybridized carbons (Fsp3) is 0.375. The third-order valence-corrected chi connectivity index (χ3v) is 4.05. The van der Waals surface area contributed by atoms with Crippen LogP contribution in [0, 0.1) is 0 Å². The Morgan fingerprint density at radius 1 is 1.17 bits per heavy atom. The molecule has 8 heteroatoms. The second kappa shape index (κ2) is 5.41. The number of hydrogen-bond acceptors (Lipinski definition) is 5. The molecule has 0 bridgehead atoms.